The quantitative estimate of drug-likeness (QED) is 0.782. The Morgan fingerprint density at radius 1 is 1.75 bits per heavy atom. The van der Waals surface area contributed by atoms with Crippen molar-refractivity contribution in [3.8, 4) is 0 Å². The first kappa shape index (κ1) is 12.0. The van der Waals surface area contributed by atoms with Crippen molar-refractivity contribution in [1.29, 1.82) is 0 Å². The van der Waals surface area contributed by atoms with Gasteiger partial charge >= 0.3 is 0 Å². The third kappa shape index (κ3) is 2.79. The highest BCUT2D eigenvalue weighted by Crippen LogP contribution is 2.28. The second kappa shape index (κ2) is 5.60. The highest BCUT2D eigenvalue weighted by atomic mass is 35.5. The average Bonchev–Trinajstić information content (AvgIpc) is 2.36. The summed E-state index contributed by atoms with van der Waals surface area (Å²) in [6.07, 6.45) is 2.58. The van der Waals surface area contributed by atoms with Crippen LogP contribution >= 0.6 is 35.3 Å². The van der Waals surface area contributed by atoms with Crippen LogP contribution in [-0.4, -0.2) is 0 Å². The van der Waals surface area contributed by atoms with Crippen LogP contribution in [0.15, 0.2) is 24.1 Å². The second-order valence-electron chi connectivity index (χ2n) is 2.26. The van der Waals surface area contributed by atoms with Gasteiger partial charge in [0.1, 0.15) is 0 Å². The molecule has 1 rings (SSSR count). The standard InChI is InChI=1S/C8H10ClNS.ClH/c1-2-3-7(10)8-6(9)4-5-11-8;/h2,4-5,7H,1,3,10H2;1H/t7-;/m1./s1. The number of rotatable bonds is 3. The van der Waals surface area contributed by atoms with E-state index in [1.54, 1.807) is 17.4 Å². The molecule has 0 spiro atoms. The Kier molecular flexibility index (Phi) is 5.59. The number of hydrogen-bond acceptors (Lipinski definition) is 2. The van der Waals surface area contributed by atoms with Gasteiger partial charge in [-0.15, -0.1) is 30.3 Å². The Balaban J connectivity index is 0.00000121. The van der Waals surface area contributed by atoms with E-state index in [0.717, 1.165) is 16.3 Å². The van der Waals surface area contributed by atoms with E-state index in [9.17, 15) is 0 Å². The summed E-state index contributed by atoms with van der Waals surface area (Å²) in [7, 11) is 0. The Hall–Kier alpha value is -0.0200. The third-order valence-corrected chi connectivity index (χ3v) is 2.89. The van der Waals surface area contributed by atoms with Gasteiger partial charge in [0.25, 0.3) is 0 Å². The van der Waals surface area contributed by atoms with Gasteiger partial charge in [-0.1, -0.05) is 17.7 Å². The Morgan fingerprint density at radius 2 is 2.42 bits per heavy atom. The lowest BCUT2D eigenvalue weighted by molar-refractivity contribution is 0.758. The van der Waals surface area contributed by atoms with Crippen LogP contribution in [0.25, 0.3) is 0 Å². The molecule has 68 valence electrons. The molecule has 1 atom stereocenters. The average molecular weight is 224 g/mol. The van der Waals surface area contributed by atoms with Gasteiger partial charge in [-0.2, -0.15) is 0 Å². The molecule has 12 heavy (non-hydrogen) atoms. The SMILES string of the molecule is C=CC[C@@H](N)c1sccc1Cl.Cl. The van der Waals surface area contributed by atoms with Crippen LogP contribution in [0.3, 0.4) is 0 Å². The zero-order chi connectivity index (χ0) is 8.27. The Labute approximate surface area is 87.6 Å². The summed E-state index contributed by atoms with van der Waals surface area (Å²) in [6.45, 7) is 3.62. The molecule has 0 aliphatic carbocycles. The summed E-state index contributed by atoms with van der Waals surface area (Å²) in [4.78, 5) is 1.05. The second-order valence-corrected chi connectivity index (χ2v) is 3.62. The summed E-state index contributed by atoms with van der Waals surface area (Å²) in [5, 5.41) is 2.71. The normalized spacial score (nSPS) is 11.8. The molecule has 0 saturated heterocycles. The largest absolute Gasteiger partial charge is 0.323 e. The first-order valence-electron chi connectivity index (χ1n) is 3.35. The van der Waals surface area contributed by atoms with Gasteiger partial charge in [0.15, 0.2) is 0 Å². The van der Waals surface area contributed by atoms with E-state index in [2.05, 4.69) is 6.58 Å². The van der Waals surface area contributed by atoms with E-state index in [-0.39, 0.29) is 18.4 Å². The van der Waals surface area contributed by atoms with Crippen LogP contribution in [0.4, 0.5) is 0 Å². The van der Waals surface area contributed by atoms with Crippen molar-refractivity contribution in [2.24, 2.45) is 5.73 Å². The van der Waals surface area contributed by atoms with Crippen LogP contribution in [-0.2, 0) is 0 Å². The van der Waals surface area contributed by atoms with E-state index in [1.807, 2.05) is 11.4 Å². The molecule has 1 nitrogen and oxygen atoms in total. The minimum atomic E-state index is 0. The maximum Gasteiger partial charge on any atom is 0.0561 e. The fraction of sp³-hybridized carbons (Fsp3) is 0.250. The fourth-order valence-corrected chi connectivity index (χ4v) is 2.07. The molecular weight excluding hydrogens is 213 g/mol. The Bertz CT molecular complexity index is 247. The molecule has 1 aromatic heterocycles. The third-order valence-electron chi connectivity index (χ3n) is 1.40. The van der Waals surface area contributed by atoms with E-state index >= 15 is 0 Å². The zero-order valence-corrected chi connectivity index (χ0v) is 8.88. The lowest BCUT2D eigenvalue weighted by Crippen LogP contribution is -2.07. The van der Waals surface area contributed by atoms with Crippen LogP contribution in [0.5, 0.6) is 0 Å². The van der Waals surface area contributed by atoms with Crippen LogP contribution in [0.2, 0.25) is 5.02 Å². The summed E-state index contributed by atoms with van der Waals surface area (Å²) in [5.41, 5.74) is 5.81. The molecule has 1 heterocycles. The molecule has 0 aliphatic rings. The summed E-state index contributed by atoms with van der Waals surface area (Å²) >= 11 is 7.46. The number of hydrogen-bond donors (Lipinski definition) is 1. The van der Waals surface area contributed by atoms with E-state index in [0.29, 0.717) is 0 Å². The summed E-state index contributed by atoms with van der Waals surface area (Å²) < 4.78 is 0. The predicted molar refractivity (Wildman–Crippen MR) is 58.3 cm³/mol. The van der Waals surface area contributed by atoms with Gasteiger partial charge in [-0.3, -0.25) is 0 Å². The molecule has 0 fully saturated rings. The molecule has 0 amide bonds. The highest BCUT2D eigenvalue weighted by molar-refractivity contribution is 7.10. The monoisotopic (exact) mass is 223 g/mol. The molecule has 0 bridgehead atoms. The van der Waals surface area contributed by atoms with Crippen molar-refractivity contribution < 1.29 is 0 Å². The molecule has 0 radical (unpaired) electrons. The molecule has 1 aromatic rings. The molecular formula is C8H11Cl2NS. The molecule has 4 heteroatoms. The smallest absolute Gasteiger partial charge is 0.0561 e. The minimum absolute atomic E-state index is 0. The molecule has 0 unspecified atom stereocenters. The number of nitrogens with two attached hydrogens (primary N) is 1. The van der Waals surface area contributed by atoms with Gasteiger partial charge in [0.05, 0.1) is 5.02 Å². The molecule has 2 N–H and O–H groups in total. The zero-order valence-electron chi connectivity index (χ0n) is 6.50. The highest BCUT2D eigenvalue weighted by Gasteiger charge is 2.08. The van der Waals surface area contributed by atoms with Crippen molar-refractivity contribution >= 4 is 35.3 Å². The number of halogens is 2. The van der Waals surface area contributed by atoms with Gasteiger partial charge in [-0.25, -0.2) is 0 Å². The van der Waals surface area contributed by atoms with Gasteiger partial charge in [0, 0.05) is 10.9 Å². The Morgan fingerprint density at radius 3 is 2.83 bits per heavy atom. The fourth-order valence-electron chi connectivity index (χ4n) is 0.857. The first-order valence-corrected chi connectivity index (χ1v) is 4.61. The van der Waals surface area contributed by atoms with Crippen LogP contribution in [0, 0.1) is 0 Å². The van der Waals surface area contributed by atoms with E-state index < -0.39 is 0 Å². The van der Waals surface area contributed by atoms with Crippen molar-refractivity contribution in [2.75, 3.05) is 0 Å². The number of thiophene rings is 1. The van der Waals surface area contributed by atoms with Gasteiger partial charge in [0.2, 0.25) is 0 Å². The summed E-state index contributed by atoms with van der Waals surface area (Å²) in [5.74, 6) is 0. The minimum Gasteiger partial charge on any atom is -0.323 e. The van der Waals surface area contributed by atoms with Crippen molar-refractivity contribution in [2.45, 2.75) is 12.5 Å². The topological polar surface area (TPSA) is 26.0 Å². The lowest BCUT2D eigenvalue weighted by Gasteiger charge is -2.05. The van der Waals surface area contributed by atoms with E-state index in [4.69, 9.17) is 17.3 Å². The van der Waals surface area contributed by atoms with Crippen molar-refractivity contribution in [3.63, 3.8) is 0 Å². The van der Waals surface area contributed by atoms with Crippen molar-refractivity contribution in [3.05, 3.63) is 34.0 Å². The van der Waals surface area contributed by atoms with Gasteiger partial charge < -0.3 is 5.73 Å². The first-order chi connectivity index (χ1) is 5.25. The molecule has 0 aliphatic heterocycles. The predicted octanol–water partition coefficient (Wildman–Crippen LogP) is 3.40. The maximum atomic E-state index is 5.87. The molecule has 0 aromatic carbocycles. The summed E-state index contributed by atoms with van der Waals surface area (Å²) in [6, 6.07) is 1.88. The lowest BCUT2D eigenvalue weighted by atomic mass is 10.2. The van der Waals surface area contributed by atoms with Gasteiger partial charge in [-0.05, 0) is 17.9 Å². The van der Waals surface area contributed by atoms with Crippen LogP contribution in [0.1, 0.15) is 17.3 Å². The molecule has 0 saturated carbocycles. The van der Waals surface area contributed by atoms with Crippen molar-refractivity contribution in [1.82, 2.24) is 0 Å². The maximum absolute atomic E-state index is 5.87. The van der Waals surface area contributed by atoms with E-state index in [1.165, 1.54) is 0 Å². The van der Waals surface area contributed by atoms with Crippen LogP contribution < -0.4 is 5.73 Å².